The summed E-state index contributed by atoms with van der Waals surface area (Å²) in [6.45, 7) is 6.48. The van der Waals surface area contributed by atoms with Gasteiger partial charge in [0.1, 0.15) is 23.6 Å². The molecule has 32 heavy (non-hydrogen) atoms. The van der Waals surface area contributed by atoms with Crippen molar-refractivity contribution < 1.29 is 19.4 Å². The van der Waals surface area contributed by atoms with Crippen molar-refractivity contribution in [1.82, 2.24) is 9.55 Å². The zero-order valence-electron chi connectivity index (χ0n) is 18.2. The zero-order chi connectivity index (χ0) is 23.0. The highest BCUT2D eigenvalue weighted by Gasteiger charge is 2.34. The van der Waals surface area contributed by atoms with Crippen LogP contribution in [0.4, 0.5) is 0 Å². The zero-order valence-corrected chi connectivity index (χ0v) is 18.2. The van der Waals surface area contributed by atoms with Crippen molar-refractivity contribution in [2.24, 2.45) is 5.41 Å². The molecule has 1 atom stereocenters. The number of aromatic carboxylic acids is 1. The molecule has 7 nitrogen and oxygen atoms in total. The van der Waals surface area contributed by atoms with E-state index in [9.17, 15) is 19.5 Å². The Balaban J connectivity index is 1.84. The van der Waals surface area contributed by atoms with E-state index >= 15 is 0 Å². The van der Waals surface area contributed by atoms with E-state index in [4.69, 9.17) is 4.74 Å². The van der Waals surface area contributed by atoms with Crippen molar-refractivity contribution in [2.45, 2.75) is 39.8 Å². The molecule has 1 aromatic carbocycles. The van der Waals surface area contributed by atoms with Gasteiger partial charge in [0.05, 0.1) is 11.4 Å². The number of hydrogen-bond acceptors (Lipinski definition) is 5. The van der Waals surface area contributed by atoms with E-state index in [0.717, 1.165) is 11.1 Å². The number of aldehydes is 1. The van der Waals surface area contributed by atoms with Gasteiger partial charge in [-0.25, -0.2) is 9.78 Å². The molecule has 164 valence electrons. The smallest absolute Gasteiger partial charge is 0.341 e. The lowest BCUT2D eigenvalue weighted by Gasteiger charge is -2.38. The average molecular weight is 432 g/mol. The Morgan fingerprint density at radius 3 is 2.59 bits per heavy atom. The monoisotopic (exact) mass is 432 g/mol. The predicted octanol–water partition coefficient (Wildman–Crippen LogP) is 4.14. The SMILES string of the molecule is CC(C)(C)[C@@H]1Cc2cc(OCc3ccccc3)c(C=O)nc2-c2cc(=O)c(C(=O)O)cn21. The molecule has 0 bridgehead atoms. The van der Waals surface area contributed by atoms with Gasteiger partial charge in [-0.3, -0.25) is 9.59 Å². The molecule has 1 aliphatic heterocycles. The first-order valence-corrected chi connectivity index (χ1v) is 10.3. The first kappa shape index (κ1) is 21.5. The molecule has 3 heterocycles. The molecule has 4 rings (SSSR count). The van der Waals surface area contributed by atoms with Gasteiger partial charge in [0.15, 0.2) is 11.7 Å². The first-order valence-electron chi connectivity index (χ1n) is 10.3. The summed E-state index contributed by atoms with van der Waals surface area (Å²) in [5, 5.41) is 9.43. The normalized spacial score (nSPS) is 14.9. The Morgan fingerprint density at radius 2 is 1.97 bits per heavy atom. The van der Waals surface area contributed by atoms with Gasteiger partial charge in [0.25, 0.3) is 0 Å². The number of rotatable bonds is 5. The van der Waals surface area contributed by atoms with Gasteiger partial charge in [-0.05, 0) is 29.0 Å². The van der Waals surface area contributed by atoms with Crippen molar-refractivity contribution in [3.05, 3.63) is 81.3 Å². The topological polar surface area (TPSA) is 98.5 Å². The van der Waals surface area contributed by atoms with Crippen molar-refractivity contribution >= 4 is 12.3 Å². The summed E-state index contributed by atoms with van der Waals surface area (Å²) in [5.41, 5.74) is 1.83. The third kappa shape index (κ3) is 3.93. The van der Waals surface area contributed by atoms with Gasteiger partial charge < -0.3 is 14.4 Å². The maximum atomic E-state index is 12.5. The van der Waals surface area contributed by atoms with Crippen molar-refractivity contribution in [3.8, 4) is 17.1 Å². The lowest BCUT2D eigenvalue weighted by Crippen LogP contribution is -2.33. The Morgan fingerprint density at radius 1 is 1.25 bits per heavy atom. The third-order valence-electron chi connectivity index (χ3n) is 5.74. The fourth-order valence-electron chi connectivity index (χ4n) is 4.05. The molecule has 0 aliphatic carbocycles. The Kier molecular flexibility index (Phi) is 5.42. The number of carbonyl (C=O) groups excluding carboxylic acids is 1. The van der Waals surface area contributed by atoms with Gasteiger partial charge in [-0.1, -0.05) is 51.1 Å². The van der Waals surface area contributed by atoms with E-state index in [1.54, 1.807) is 4.57 Å². The second-order valence-electron chi connectivity index (χ2n) is 9.01. The standard InChI is InChI=1S/C25H24N2O5/c1-25(2,3)22-10-16-9-21(32-14-15-7-5-4-6-8-15)18(13-28)26-23(16)19-11-20(29)17(24(30)31)12-27(19)22/h4-9,11-13,22H,10,14H2,1-3H3,(H,30,31)/t22-/m0/s1. The molecule has 0 amide bonds. The number of aromatic nitrogens is 2. The maximum Gasteiger partial charge on any atom is 0.341 e. The van der Waals surface area contributed by atoms with Crippen molar-refractivity contribution in [3.63, 3.8) is 0 Å². The summed E-state index contributed by atoms with van der Waals surface area (Å²) >= 11 is 0. The summed E-state index contributed by atoms with van der Waals surface area (Å²) in [4.78, 5) is 40.3. The third-order valence-corrected chi connectivity index (χ3v) is 5.74. The first-order chi connectivity index (χ1) is 15.2. The molecule has 7 heteroatoms. The number of carboxylic acid groups (broad SMARTS) is 1. The fraction of sp³-hybridized carbons (Fsp3) is 0.280. The lowest BCUT2D eigenvalue weighted by molar-refractivity contribution is 0.0693. The highest BCUT2D eigenvalue weighted by atomic mass is 16.5. The van der Waals surface area contributed by atoms with E-state index in [2.05, 4.69) is 25.8 Å². The highest BCUT2D eigenvalue weighted by Crippen LogP contribution is 2.42. The molecule has 0 saturated carbocycles. The van der Waals surface area contributed by atoms with Crippen LogP contribution in [-0.4, -0.2) is 26.9 Å². The van der Waals surface area contributed by atoms with Crippen LogP contribution in [0.2, 0.25) is 0 Å². The van der Waals surface area contributed by atoms with Crippen LogP contribution in [0, 0.1) is 5.41 Å². The van der Waals surface area contributed by atoms with E-state index in [1.165, 1.54) is 12.3 Å². The van der Waals surface area contributed by atoms with E-state index in [1.807, 2.05) is 36.4 Å². The quantitative estimate of drug-likeness (QED) is 0.609. The molecule has 2 aromatic heterocycles. The number of nitrogens with zero attached hydrogens (tertiary/aromatic N) is 2. The van der Waals surface area contributed by atoms with Crippen LogP contribution in [-0.2, 0) is 13.0 Å². The second kappa shape index (κ2) is 8.07. The number of carbonyl (C=O) groups is 2. The maximum absolute atomic E-state index is 12.5. The highest BCUT2D eigenvalue weighted by molar-refractivity contribution is 5.88. The van der Waals surface area contributed by atoms with Crippen LogP contribution in [0.5, 0.6) is 5.75 Å². The van der Waals surface area contributed by atoms with E-state index in [-0.39, 0.29) is 22.7 Å². The minimum atomic E-state index is -1.27. The van der Waals surface area contributed by atoms with Gasteiger partial charge in [0, 0.05) is 18.3 Å². The summed E-state index contributed by atoms with van der Waals surface area (Å²) in [7, 11) is 0. The number of carboxylic acids is 1. The molecule has 0 saturated heterocycles. The molecular formula is C25H24N2O5. The fourth-order valence-corrected chi connectivity index (χ4v) is 4.05. The van der Waals surface area contributed by atoms with E-state index < -0.39 is 11.4 Å². The van der Waals surface area contributed by atoms with Crippen LogP contribution < -0.4 is 10.2 Å². The van der Waals surface area contributed by atoms with Crippen molar-refractivity contribution in [1.29, 1.82) is 0 Å². The van der Waals surface area contributed by atoms with Gasteiger partial charge in [-0.15, -0.1) is 0 Å². The molecule has 1 N–H and O–H groups in total. The Bertz CT molecular complexity index is 1260. The summed E-state index contributed by atoms with van der Waals surface area (Å²) in [5.74, 6) is -0.886. The number of hydrogen-bond donors (Lipinski definition) is 1. The van der Waals surface area contributed by atoms with Crippen molar-refractivity contribution in [2.75, 3.05) is 0 Å². The largest absolute Gasteiger partial charge is 0.487 e. The minimum Gasteiger partial charge on any atom is -0.487 e. The second-order valence-corrected chi connectivity index (χ2v) is 9.01. The number of benzene rings is 1. The summed E-state index contributed by atoms with van der Waals surface area (Å²) in [6, 6.07) is 12.6. The molecule has 0 fully saturated rings. The van der Waals surface area contributed by atoms with E-state index in [0.29, 0.717) is 36.5 Å². The Hall–Kier alpha value is -3.74. The Labute approximate surface area is 185 Å². The molecule has 1 aliphatic rings. The van der Waals surface area contributed by atoms with Crippen LogP contribution in [0.15, 0.2) is 53.5 Å². The number of pyridine rings is 2. The summed E-state index contributed by atoms with van der Waals surface area (Å²) < 4.78 is 7.73. The van der Waals surface area contributed by atoms with Crippen LogP contribution in [0.25, 0.3) is 11.4 Å². The number of ether oxygens (including phenoxy) is 1. The molecule has 0 spiro atoms. The number of fused-ring (bicyclic) bond motifs is 3. The van der Waals surface area contributed by atoms with Crippen LogP contribution in [0.3, 0.4) is 0 Å². The summed E-state index contributed by atoms with van der Waals surface area (Å²) in [6.07, 6.45) is 2.58. The molecule has 0 unspecified atom stereocenters. The minimum absolute atomic E-state index is 0.116. The molecule has 0 radical (unpaired) electrons. The lowest BCUT2D eigenvalue weighted by atomic mass is 9.79. The average Bonchev–Trinajstić information content (AvgIpc) is 2.76. The van der Waals surface area contributed by atoms with Crippen LogP contribution >= 0.6 is 0 Å². The van der Waals surface area contributed by atoms with Crippen LogP contribution in [0.1, 0.15) is 58.8 Å². The van der Waals surface area contributed by atoms with Gasteiger partial charge in [0.2, 0.25) is 0 Å². The molecular weight excluding hydrogens is 408 g/mol. The predicted molar refractivity (Wildman–Crippen MR) is 119 cm³/mol. The van der Waals surface area contributed by atoms with Gasteiger partial charge >= 0.3 is 5.97 Å². The van der Waals surface area contributed by atoms with Gasteiger partial charge in [-0.2, -0.15) is 0 Å². The molecule has 3 aromatic rings.